The maximum Gasteiger partial charge on any atom is 0.326 e. The van der Waals surface area contributed by atoms with Gasteiger partial charge in [-0.15, -0.1) is 0 Å². The van der Waals surface area contributed by atoms with Crippen molar-refractivity contribution in [2.24, 2.45) is 0 Å². The molecule has 1 aliphatic heterocycles. The van der Waals surface area contributed by atoms with Crippen molar-refractivity contribution in [3.8, 4) is 17.1 Å². The van der Waals surface area contributed by atoms with Crippen LogP contribution in [-0.2, 0) is 27.4 Å². The van der Waals surface area contributed by atoms with Crippen LogP contribution in [-0.4, -0.2) is 46.5 Å². The molecular weight excluding hydrogens is 390 g/mol. The second kappa shape index (κ2) is 8.16. The fourth-order valence-electron chi connectivity index (χ4n) is 3.05. The van der Waals surface area contributed by atoms with Crippen LogP contribution in [0.15, 0.2) is 53.1 Å². The first kappa shape index (κ1) is 19.3. The largest absolute Gasteiger partial charge is 0.497 e. The van der Waals surface area contributed by atoms with Gasteiger partial charge in [0.15, 0.2) is 6.61 Å². The number of ether oxygens (including phenoxy) is 2. The number of nitrogens with zero attached hydrogens (tertiary/aromatic N) is 3. The Bertz CT molecular complexity index is 1110. The summed E-state index contributed by atoms with van der Waals surface area (Å²) in [6.45, 7) is -0.750. The summed E-state index contributed by atoms with van der Waals surface area (Å²) in [6, 6.07) is 13.9. The van der Waals surface area contributed by atoms with Crippen LogP contribution in [0.1, 0.15) is 21.8 Å². The molecule has 0 atom stereocenters. The number of rotatable bonds is 6. The molecule has 0 unspecified atom stereocenters. The maximum atomic E-state index is 12.5. The lowest BCUT2D eigenvalue weighted by molar-refractivity contribution is -0.149. The lowest BCUT2D eigenvalue weighted by Gasteiger charge is -2.25. The topological polar surface area (TPSA) is 112 Å². The van der Waals surface area contributed by atoms with Crippen molar-refractivity contribution < 1.29 is 28.4 Å². The van der Waals surface area contributed by atoms with E-state index in [4.69, 9.17) is 14.0 Å². The lowest BCUT2D eigenvalue weighted by Crippen LogP contribution is -2.45. The summed E-state index contributed by atoms with van der Waals surface area (Å²) < 4.78 is 15.3. The van der Waals surface area contributed by atoms with Gasteiger partial charge >= 0.3 is 5.97 Å². The first-order chi connectivity index (χ1) is 14.5. The number of hydrogen-bond donors (Lipinski definition) is 0. The standard InChI is InChI=1S/C21H17N3O6/c1-28-15-8-6-13(7-9-15)20-22-17(30-23-20)12-29-19(26)11-24-18(25)10-14-4-2-3-5-16(14)21(24)27/h2-9H,10-12H2,1H3. The normalized spacial score (nSPS) is 13.2. The molecule has 4 rings (SSSR count). The van der Waals surface area contributed by atoms with Crippen molar-refractivity contribution >= 4 is 17.8 Å². The number of benzene rings is 2. The van der Waals surface area contributed by atoms with Crippen LogP contribution >= 0.6 is 0 Å². The summed E-state index contributed by atoms with van der Waals surface area (Å²) in [4.78, 5) is 41.9. The van der Waals surface area contributed by atoms with E-state index in [0.29, 0.717) is 28.3 Å². The Labute approximate surface area is 171 Å². The SMILES string of the molecule is COc1ccc(-c2noc(COC(=O)CN3C(=O)Cc4ccccc4C3=O)n2)cc1. The van der Waals surface area contributed by atoms with Gasteiger partial charge in [-0.2, -0.15) is 4.98 Å². The molecule has 0 fully saturated rings. The van der Waals surface area contributed by atoms with Crippen molar-refractivity contribution in [1.29, 1.82) is 0 Å². The zero-order chi connectivity index (χ0) is 21.1. The number of methoxy groups -OCH3 is 1. The van der Waals surface area contributed by atoms with E-state index in [1.54, 1.807) is 55.6 Å². The number of amides is 2. The smallest absolute Gasteiger partial charge is 0.326 e. The molecule has 30 heavy (non-hydrogen) atoms. The van der Waals surface area contributed by atoms with Crippen LogP contribution in [0.25, 0.3) is 11.4 Å². The Hall–Kier alpha value is -4.01. The van der Waals surface area contributed by atoms with E-state index in [9.17, 15) is 14.4 Å². The first-order valence-electron chi connectivity index (χ1n) is 9.10. The van der Waals surface area contributed by atoms with Crippen LogP contribution in [0.5, 0.6) is 5.75 Å². The Morgan fingerprint density at radius 1 is 1.13 bits per heavy atom. The molecule has 152 valence electrons. The highest BCUT2D eigenvalue weighted by Gasteiger charge is 2.32. The molecule has 0 saturated heterocycles. The van der Waals surface area contributed by atoms with Gasteiger partial charge in [0.2, 0.25) is 11.7 Å². The highest BCUT2D eigenvalue weighted by molar-refractivity contribution is 6.11. The molecule has 9 nitrogen and oxygen atoms in total. The molecule has 1 aliphatic rings. The summed E-state index contributed by atoms with van der Waals surface area (Å²) in [6.07, 6.45) is 0.0596. The number of fused-ring (bicyclic) bond motifs is 1. The number of esters is 1. The summed E-state index contributed by atoms with van der Waals surface area (Å²) >= 11 is 0. The Morgan fingerprint density at radius 3 is 2.67 bits per heavy atom. The number of aromatic nitrogens is 2. The number of hydrogen-bond acceptors (Lipinski definition) is 8. The van der Waals surface area contributed by atoms with Crippen LogP contribution < -0.4 is 4.74 Å². The van der Waals surface area contributed by atoms with E-state index in [1.165, 1.54) is 0 Å². The van der Waals surface area contributed by atoms with Crippen molar-refractivity contribution in [3.63, 3.8) is 0 Å². The van der Waals surface area contributed by atoms with Gasteiger partial charge in [-0.05, 0) is 35.9 Å². The van der Waals surface area contributed by atoms with Gasteiger partial charge < -0.3 is 14.0 Å². The minimum absolute atomic E-state index is 0.0596. The molecule has 0 spiro atoms. The van der Waals surface area contributed by atoms with E-state index in [1.807, 2.05) is 0 Å². The average Bonchev–Trinajstić information content (AvgIpc) is 3.24. The summed E-state index contributed by atoms with van der Waals surface area (Å²) in [5.74, 6) is -0.591. The maximum absolute atomic E-state index is 12.5. The van der Waals surface area contributed by atoms with E-state index < -0.39 is 24.3 Å². The third-order valence-electron chi connectivity index (χ3n) is 4.60. The molecule has 0 radical (unpaired) electrons. The van der Waals surface area contributed by atoms with E-state index >= 15 is 0 Å². The second-order valence-corrected chi connectivity index (χ2v) is 6.52. The summed E-state index contributed by atoms with van der Waals surface area (Å²) in [5.41, 5.74) is 1.76. The fraction of sp³-hybridized carbons (Fsp3) is 0.190. The average molecular weight is 407 g/mol. The predicted molar refractivity (Wildman–Crippen MR) is 102 cm³/mol. The van der Waals surface area contributed by atoms with Crippen molar-refractivity contribution in [2.75, 3.05) is 13.7 Å². The van der Waals surface area contributed by atoms with Crippen LogP contribution in [0.3, 0.4) is 0 Å². The number of carbonyl (C=O) groups is 3. The Kier molecular flexibility index (Phi) is 5.25. The van der Waals surface area contributed by atoms with Crippen LogP contribution in [0, 0.1) is 0 Å². The van der Waals surface area contributed by atoms with Gasteiger partial charge in [-0.3, -0.25) is 19.3 Å². The third-order valence-corrected chi connectivity index (χ3v) is 4.60. The molecule has 0 bridgehead atoms. The van der Waals surface area contributed by atoms with Gasteiger partial charge in [0.1, 0.15) is 12.3 Å². The second-order valence-electron chi connectivity index (χ2n) is 6.52. The van der Waals surface area contributed by atoms with E-state index in [-0.39, 0.29) is 18.9 Å². The van der Waals surface area contributed by atoms with Gasteiger partial charge in [0.25, 0.3) is 11.8 Å². The molecule has 0 saturated carbocycles. The molecular formula is C21H17N3O6. The highest BCUT2D eigenvalue weighted by atomic mass is 16.6. The molecule has 2 heterocycles. The van der Waals surface area contributed by atoms with Gasteiger partial charge in [0, 0.05) is 11.1 Å². The van der Waals surface area contributed by atoms with Crippen molar-refractivity contribution in [2.45, 2.75) is 13.0 Å². The predicted octanol–water partition coefficient (Wildman–Crippen LogP) is 2.01. The minimum atomic E-state index is -0.750. The molecule has 2 aromatic carbocycles. The zero-order valence-electron chi connectivity index (χ0n) is 16.0. The third kappa shape index (κ3) is 3.90. The van der Waals surface area contributed by atoms with Gasteiger partial charge in [-0.1, -0.05) is 23.4 Å². The van der Waals surface area contributed by atoms with E-state index in [2.05, 4.69) is 10.1 Å². The molecule has 9 heteroatoms. The van der Waals surface area contributed by atoms with Crippen molar-refractivity contribution in [1.82, 2.24) is 15.0 Å². The van der Waals surface area contributed by atoms with Crippen LogP contribution in [0.2, 0.25) is 0 Å². The minimum Gasteiger partial charge on any atom is -0.497 e. The van der Waals surface area contributed by atoms with Gasteiger partial charge in [-0.25, -0.2) is 0 Å². The Balaban J connectivity index is 1.36. The molecule has 1 aromatic heterocycles. The molecule has 0 N–H and O–H groups in total. The Morgan fingerprint density at radius 2 is 1.90 bits per heavy atom. The number of carbonyl (C=O) groups excluding carboxylic acids is 3. The van der Waals surface area contributed by atoms with Crippen molar-refractivity contribution in [3.05, 3.63) is 65.5 Å². The lowest BCUT2D eigenvalue weighted by atomic mass is 9.98. The fourth-order valence-corrected chi connectivity index (χ4v) is 3.05. The molecule has 0 aliphatic carbocycles. The summed E-state index contributed by atoms with van der Waals surface area (Å²) in [5, 5.41) is 3.85. The summed E-state index contributed by atoms with van der Waals surface area (Å²) in [7, 11) is 1.57. The van der Waals surface area contributed by atoms with E-state index in [0.717, 1.165) is 4.90 Å². The number of imide groups is 1. The quantitative estimate of drug-likeness (QED) is 0.451. The van der Waals surface area contributed by atoms with Crippen LogP contribution in [0.4, 0.5) is 0 Å². The first-order valence-corrected chi connectivity index (χ1v) is 9.10. The highest BCUT2D eigenvalue weighted by Crippen LogP contribution is 2.21. The molecule has 2 amide bonds. The van der Waals surface area contributed by atoms with Gasteiger partial charge in [0.05, 0.1) is 13.5 Å². The zero-order valence-corrected chi connectivity index (χ0v) is 16.0. The monoisotopic (exact) mass is 407 g/mol. The molecule has 3 aromatic rings.